The predicted molar refractivity (Wildman–Crippen MR) is 96.5 cm³/mol. The summed E-state index contributed by atoms with van der Waals surface area (Å²) in [6.45, 7) is 0.0966. The summed E-state index contributed by atoms with van der Waals surface area (Å²) >= 11 is 0. The Morgan fingerprint density at radius 1 is 0.964 bits per heavy atom. The van der Waals surface area contributed by atoms with E-state index in [1.165, 1.54) is 42.7 Å². The van der Waals surface area contributed by atoms with Gasteiger partial charge in [0.25, 0.3) is 0 Å². The van der Waals surface area contributed by atoms with Crippen molar-refractivity contribution in [2.24, 2.45) is 11.3 Å². The number of carbonyl (C=O) groups excluding carboxylic acids is 2. The SMILES string of the molecule is COC(=O)C1(C(=O)OC)C(Cc2cc(OC)c(OC)c(OC)c2)COC1OC. The van der Waals surface area contributed by atoms with E-state index in [0.717, 1.165) is 5.56 Å². The zero-order valence-corrected chi connectivity index (χ0v) is 16.9. The molecule has 0 aliphatic carbocycles. The number of esters is 2. The highest BCUT2D eigenvalue weighted by Gasteiger charge is 2.65. The summed E-state index contributed by atoms with van der Waals surface area (Å²) in [7, 11) is 8.28. The van der Waals surface area contributed by atoms with E-state index in [1.807, 2.05) is 0 Å². The summed E-state index contributed by atoms with van der Waals surface area (Å²) in [6, 6.07) is 3.50. The van der Waals surface area contributed by atoms with E-state index in [0.29, 0.717) is 17.2 Å². The Balaban J connectivity index is 2.51. The molecule has 1 aliphatic heterocycles. The molecule has 2 rings (SSSR count). The van der Waals surface area contributed by atoms with Gasteiger partial charge in [-0.1, -0.05) is 0 Å². The summed E-state index contributed by atoms with van der Waals surface area (Å²) in [6.07, 6.45) is -0.847. The van der Waals surface area contributed by atoms with Crippen molar-refractivity contribution in [2.45, 2.75) is 12.7 Å². The smallest absolute Gasteiger partial charge is 0.328 e. The van der Waals surface area contributed by atoms with Gasteiger partial charge in [-0.3, -0.25) is 9.59 Å². The van der Waals surface area contributed by atoms with Gasteiger partial charge < -0.3 is 33.2 Å². The highest BCUT2D eigenvalue weighted by Crippen LogP contribution is 2.46. The highest BCUT2D eigenvalue weighted by molar-refractivity contribution is 6.01. The van der Waals surface area contributed by atoms with E-state index in [1.54, 1.807) is 12.1 Å². The lowest BCUT2D eigenvalue weighted by Crippen LogP contribution is -2.52. The highest BCUT2D eigenvalue weighted by atomic mass is 16.7. The van der Waals surface area contributed by atoms with E-state index in [9.17, 15) is 9.59 Å². The van der Waals surface area contributed by atoms with Crippen molar-refractivity contribution in [2.75, 3.05) is 49.3 Å². The van der Waals surface area contributed by atoms with Crippen LogP contribution in [0.1, 0.15) is 5.56 Å². The number of ether oxygens (including phenoxy) is 7. The number of rotatable bonds is 8. The monoisotopic (exact) mass is 398 g/mol. The molecule has 0 amide bonds. The largest absolute Gasteiger partial charge is 0.493 e. The van der Waals surface area contributed by atoms with Gasteiger partial charge in [0.2, 0.25) is 11.2 Å². The van der Waals surface area contributed by atoms with Crippen LogP contribution in [-0.2, 0) is 35.0 Å². The van der Waals surface area contributed by atoms with Crippen molar-refractivity contribution in [3.05, 3.63) is 17.7 Å². The van der Waals surface area contributed by atoms with E-state index in [2.05, 4.69) is 0 Å². The Kier molecular flexibility index (Phi) is 7.09. The van der Waals surface area contributed by atoms with Crippen molar-refractivity contribution in [1.82, 2.24) is 0 Å². The molecule has 9 nitrogen and oxygen atoms in total. The minimum Gasteiger partial charge on any atom is -0.493 e. The van der Waals surface area contributed by atoms with Crippen LogP contribution in [0.2, 0.25) is 0 Å². The summed E-state index contributed by atoms with van der Waals surface area (Å²) < 4.78 is 36.8. The van der Waals surface area contributed by atoms with Gasteiger partial charge in [-0.25, -0.2) is 0 Å². The number of methoxy groups -OCH3 is 6. The average molecular weight is 398 g/mol. The van der Waals surface area contributed by atoms with Gasteiger partial charge in [0.1, 0.15) is 0 Å². The molecule has 1 saturated heterocycles. The molecule has 0 spiro atoms. The Hall–Kier alpha value is -2.52. The molecule has 2 unspecified atom stereocenters. The molecule has 0 N–H and O–H groups in total. The first-order valence-corrected chi connectivity index (χ1v) is 8.54. The Labute approximate surface area is 163 Å². The fourth-order valence-corrected chi connectivity index (χ4v) is 3.62. The van der Waals surface area contributed by atoms with Gasteiger partial charge in [-0.15, -0.1) is 0 Å². The minimum absolute atomic E-state index is 0.0966. The molecule has 0 radical (unpaired) electrons. The molecular formula is C19H26O9. The van der Waals surface area contributed by atoms with Crippen LogP contribution >= 0.6 is 0 Å². The van der Waals surface area contributed by atoms with Gasteiger partial charge in [0.15, 0.2) is 17.8 Å². The molecule has 1 heterocycles. The fourth-order valence-electron chi connectivity index (χ4n) is 3.62. The Morgan fingerprint density at radius 2 is 1.50 bits per heavy atom. The quantitative estimate of drug-likeness (QED) is 0.472. The first-order valence-electron chi connectivity index (χ1n) is 8.54. The lowest BCUT2D eigenvalue weighted by atomic mass is 9.73. The van der Waals surface area contributed by atoms with Crippen molar-refractivity contribution in [3.8, 4) is 17.2 Å². The number of hydrogen-bond donors (Lipinski definition) is 0. The van der Waals surface area contributed by atoms with Crippen molar-refractivity contribution in [1.29, 1.82) is 0 Å². The summed E-state index contributed by atoms with van der Waals surface area (Å²) in [5.41, 5.74) is -1.00. The normalized spacial score (nSPS) is 20.4. The molecule has 1 aromatic carbocycles. The van der Waals surface area contributed by atoms with E-state index in [4.69, 9.17) is 33.2 Å². The second-order valence-corrected chi connectivity index (χ2v) is 6.19. The van der Waals surface area contributed by atoms with Gasteiger partial charge >= 0.3 is 11.9 Å². The van der Waals surface area contributed by atoms with E-state index < -0.39 is 29.6 Å². The predicted octanol–water partition coefficient (Wildman–Crippen LogP) is 1.21. The second-order valence-electron chi connectivity index (χ2n) is 6.19. The molecule has 28 heavy (non-hydrogen) atoms. The Bertz CT molecular complexity index is 674. The van der Waals surface area contributed by atoms with Crippen LogP contribution in [0.25, 0.3) is 0 Å². The van der Waals surface area contributed by atoms with E-state index >= 15 is 0 Å². The van der Waals surface area contributed by atoms with Crippen molar-refractivity contribution < 1.29 is 42.7 Å². The first kappa shape index (κ1) is 21.8. The third kappa shape index (κ3) is 3.47. The zero-order valence-electron chi connectivity index (χ0n) is 16.9. The molecule has 1 aromatic rings. The maximum Gasteiger partial charge on any atom is 0.328 e. The lowest BCUT2D eigenvalue weighted by Gasteiger charge is -2.32. The maximum absolute atomic E-state index is 12.7. The van der Waals surface area contributed by atoms with Crippen molar-refractivity contribution >= 4 is 11.9 Å². The average Bonchev–Trinajstić information content (AvgIpc) is 3.10. The van der Waals surface area contributed by atoms with E-state index in [-0.39, 0.29) is 13.0 Å². The molecule has 9 heteroatoms. The van der Waals surface area contributed by atoms with Crippen molar-refractivity contribution in [3.63, 3.8) is 0 Å². The standard InChI is InChI=1S/C19H26O9/c1-22-13-8-11(9-14(23-2)15(13)24-3)7-12-10-28-18(27-6)19(12,16(20)25-4)17(21)26-5/h8-9,12,18H,7,10H2,1-6H3. The van der Waals surface area contributed by atoms with Gasteiger partial charge in [-0.05, 0) is 24.1 Å². The molecule has 1 aliphatic rings. The molecule has 0 saturated carbocycles. The number of hydrogen-bond acceptors (Lipinski definition) is 9. The van der Waals surface area contributed by atoms with Crippen LogP contribution in [0.15, 0.2) is 12.1 Å². The second kappa shape index (κ2) is 9.11. The van der Waals surface area contributed by atoms with Crippen LogP contribution in [0.3, 0.4) is 0 Å². The van der Waals surface area contributed by atoms with Crippen LogP contribution < -0.4 is 14.2 Å². The van der Waals surface area contributed by atoms with Gasteiger partial charge in [0.05, 0.1) is 42.2 Å². The van der Waals surface area contributed by atoms with Crippen LogP contribution in [0.4, 0.5) is 0 Å². The summed E-state index contributed by atoms with van der Waals surface area (Å²) in [5, 5.41) is 0. The fraction of sp³-hybridized carbons (Fsp3) is 0.579. The molecule has 156 valence electrons. The molecular weight excluding hydrogens is 372 g/mol. The first-order chi connectivity index (χ1) is 13.4. The number of benzene rings is 1. The third-order valence-electron chi connectivity index (χ3n) is 4.93. The van der Waals surface area contributed by atoms with Crippen LogP contribution in [0.5, 0.6) is 17.2 Å². The molecule has 0 bridgehead atoms. The van der Waals surface area contributed by atoms with Gasteiger partial charge in [-0.2, -0.15) is 0 Å². The minimum atomic E-state index is -1.75. The topological polar surface area (TPSA) is 98.8 Å². The summed E-state index contributed by atoms with van der Waals surface area (Å²) in [4.78, 5) is 25.4. The maximum atomic E-state index is 12.7. The summed E-state index contributed by atoms with van der Waals surface area (Å²) in [5.74, 6) is -0.789. The van der Waals surface area contributed by atoms with Gasteiger partial charge in [0, 0.05) is 13.0 Å². The van der Waals surface area contributed by atoms with Crippen LogP contribution in [-0.4, -0.2) is 67.5 Å². The molecule has 1 fully saturated rings. The van der Waals surface area contributed by atoms with Crippen LogP contribution in [0, 0.1) is 11.3 Å². The molecule has 2 atom stereocenters. The third-order valence-corrected chi connectivity index (χ3v) is 4.93. The lowest BCUT2D eigenvalue weighted by molar-refractivity contribution is -0.198. The zero-order chi connectivity index (χ0) is 20.9. The Morgan fingerprint density at radius 3 is 1.89 bits per heavy atom. The molecule has 0 aromatic heterocycles. The number of carbonyl (C=O) groups is 2.